The Bertz CT molecular complexity index is 244. The molecule has 0 aliphatic carbocycles. The highest BCUT2D eigenvalue weighted by Gasteiger charge is 2.23. The van der Waals surface area contributed by atoms with Crippen molar-refractivity contribution >= 4 is 5.91 Å². The molecule has 1 heterocycles. The van der Waals surface area contributed by atoms with Crippen molar-refractivity contribution in [3.63, 3.8) is 0 Å². The second-order valence-corrected chi connectivity index (χ2v) is 5.04. The molecule has 5 nitrogen and oxygen atoms in total. The minimum Gasteiger partial charge on any atom is -0.374 e. The highest BCUT2D eigenvalue weighted by Crippen LogP contribution is 2.08. The van der Waals surface area contributed by atoms with E-state index in [-0.39, 0.29) is 24.1 Å². The second-order valence-electron chi connectivity index (χ2n) is 5.04. The van der Waals surface area contributed by atoms with Crippen molar-refractivity contribution in [2.75, 3.05) is 26.2 Å². The standard InChI is InChI=1S/C12H25N3O2/c1-9(2)14-12(16)4-5-15-6-7-17-11(8-15)10(3)13/h9-11H,4-8,13H2,1-3H3,(H,14,16). The van der Waals surface area contributed by atoms with Gasteiger partial charge in [-0.2, -0.15) is 0 Å². The number of carbonyl (C=O) groups excluding carboxylic acids is 1. The highest BCUT2D eigenvalue weighted by molar-refractivity contribution is 5.76. The Morgan fingerprint density at radius 3 is 2.82 bits per heavy atom. The predicted octanol–water partition coefficient (Wildman–Crippen LogP) is -0.0509. The van der Waals surface area contributed by atoms with Gasteiger partial charge in [0.05, 0.1) is 12.7 Å². The number of hydrogen-bond acceptors (Lipinski definition) is 4. The largest absolute Gasteiger partial charge is 0.374 e. The first-order chi connectivity index (χ1) is 7.99. The molecule has 1 aliphatic rings. The third kappa shape index (κ3) is 5.48. The molecule has 1 rings (SSSR count). The molecule has 0 spiro atoms. The Labute approximate surface area is 104 Å². The maximum atomic E-state index is 11.5. The molecule has 2 unspecified atom stereocenters. The topological polar surface area (TPSA) is 67.6 Å². The normalized spacial score (nSPS) is 23.7. The summed E-state index contributed by atoms with van der Waals surface area (Å²) in [5, 5.41) is 2.89. The zero-order chi connectivity index (χ0) is 12.8. The first-order valence-corrected chi connectivity index (χ1v) is 6.38. The van der Waals surface area contributed by atoms with Crippen LogP contribution >= 0.6 is 0 Å². The van der Waals surface area contributed by atoms with Gasteiger partial charge in [-0.1, -0.05) is 0 Å². The number of carbonyl (C=O) groups is 1. The molecule has 1 saturated heterocycles. The van der Waals surface area contributed by atoms with Gasteiger partial charge in [0.15, 0.2) is 0 Å². The lowest BCUT2D eigenvalue weighted by atomic mass is 10.1. The van der Waals surface area contributed by atoms with Crippen LogP contribution in [0.25, 0.3) is 0 Å². The van der Waals surface area contributed by atoms with Crippen molar-refractivity contribution in [1.82, 2.24) is 10.2 Å². The third-order valence-electron chi connectivity index (χ3n) is 2.87. The van der Waals surface area contributed by atoms with Crippen molar-refractivity contribution in [1.29, 1.82) is 0 Å². The zero-order valence-corrected chi connectivity index (χ0v) is 11.1. The van der Waals surface area contributed by atoms with Crippen LogP contribution in [-0.4, -0.2) is 55.2 Å². The average molecular weight is 243 g/mol. The first kappa shape index (κ1) is 14.4. The molecule has 0 saturated carbocycles. The average Bonchev–Trinajstić information content (AvgIpc) is 2.26. The molecule has 1 aliphatic heterocycles. The Balaban J connectivity index is 2.25. The molecule has 0 aromatic rings. The summed E-state index contributed by atoms with van der Waals surface area (Å²) in [7, 11) is 0. The van der Waals surface area contributed by atoms with Crippen LogP contribution in [0.1, 0.15) is 27.2 Å². The van der Waals surface area contributed by atoms with Gasteiger partial charge in [0.2, 0.25) is 5.91 Å². The number of rotatable bonds is 5. The third-order valence-corrected chi connectivity index (χ3v) is 2.87. The summed E-state index contributed by atoms with van der Waals surface area (Å²) in [6, 6.07) is 0.256. The molecular weight excluding hydrogens is 218 g/mol. The van der Waals surface area contributed by atoms with Gasteiger partial charge in [-0.15, -0.1) is 0 Å². The van der Waals surface area contributed by atoms with Gasteiger partial charge in [-0.05, 0) is 20.8 Å². The molecular formula is C12H25N3O2. The van der Waals surface area contributed by atoms with Crippen LogP contribution in [0.2, 0.25) is 0 Å². The molecule has 0 aromatic heterocycles. The van der Waals surface area contributed by atoms with Crippen molar-refractivity contribution in [2.45, 2.75) is 45.4 Å². The molecule has 0 aromatic carbocycles. The van der Waals surface area contributed by atoms with Gasteiger partial charge < -0.3 is 15.8 Å². The van der Waals surface area contributed by atoms with Crippen molar-refractivity contribution in [3.05, 3.63) is 0 Å². The quantitative estimate of drug-likeness (QED) is 0.710. The number of nitrogens with zero attached hydrogens (tertiary/aromatic N) is 1. The van der Waals surface area contributed by atoms with Crippen LogP contribution in [0.4, 0.5) is 0 Å². The predicted molar refractivity (Wildman–Crippen MR) is 67.7 cm³/mol. The fourth-order valence-electron chi connectivity index (χ4n) is 1.91. The van der Waals surface area contributed by atoms with E-state index >= 15 is 0 Å². The number of hydrogen-bond donors (Lipinski definition) is 2. The lowest BCUT2D eigenvalue weighted by molar-refractivity contribution is -0.122. The Morgan fingerprint density at radius 1 is 1.53 bits per heavy atom. The lowest BCUT2D eigenvalue weighted by Gasteiger charge is -2.34. The Morgan fingerprint density at radius 2 is 2.24 bits per heavy atom. The van der Waals surface area contributed by atoms with E-state index in [4.69, 9.17) is 10.5 Å². The highest BCUT2D eigenvalue weighted by atomic mass is 16.5. The fourth-order valence-corrected chi connectivity index (χ4v) is 1.91. The van der Waals surface area contributed by atoms with Crippen LogP contribution < -0.4 is 11.1 Å². The van der Waals surface area contributed by atoms with Gasteiger partial charge in [0.25, 0.3) is 0 Å². The SMILES string of the molecule is CC(C)NC(=O)CCN1CCOC(C(C)N)C1. The number of morpholine rings is 1. The Hall–Kier alpha value is -0.650. The molecule has 2 atom stereocenters. The maximum Gasteiger partial charge on any atom is 0.221 e. The first-order valence-electron chi connectivity index (χ1n) is 6.38. The fraction of sp³-hybridized carbons (Fsp3) is 0.917. The molecule has 1 fully saturated rings. The van der Waals surface area contributed by atoms with E-state index < -0.39 is 0 Å². The minimum atomic E-state index is 0.0438. The summed E-state index contributed by atoms with van der Waals surface area (Å²) in [6.45, 7) is 9.10. The van der Waals surface area contributed by atoms with Crippen molar-refractivity contribution in [3.8, 4) is 0 Å². The maximum absolute atomic E-state index is 11.5. The van der Waals surface area contributed by atoms with Gasteiger partial charge in [0.1, 0.15) is 0 Å². The Kier molecular flexibility index (Phi) is 5.88. The van der Waals surface area contributed by atoms with Crippen molar-refractivity contribution in [2.24, 2.45) is 5.73 Å². The second kappa shape index (κ2) is 6.93. The number of amides is 1. The van der Waals surface area contributed by atoms with Crippen molar-refractivity contribution < 1.29 is 9.53 Å². The summed E-state index contributed by atoms with van der Waals surface area (Å²) in [4.78, 5) is 13.8. The van der Waals surface area contributed by atoms with E-state index in [2.05, 4.69) is 10.2 Å². The smallest absolute Gasteiger partial charge is 0.221 e. The molecule has 1 amide bonds. The van der Waals surface area contributed by atoms with Crippen LogP contribution in [0.15, 0.2) is 0 Å². The molecule has 0 bridgehead atoms. The number of nitrogens with one attached hydrogen (secondary N) is 1. The molecule has 5 heteroatoms. The van der Waals surface area contributed by atoms with Crippen LogP contribution in [-0.2, 0) is 9.53 Å². The molecule has 100 valence electrons. The van der Waals surface area contributed by atoms with E-state index in [9.17, 15) is 4.79 Å². The van der Waals surface area contributed by atoms with E-state index in [1.54, 1.807) is 0 Å². The summed E-state index contributed by atoms with van der Waals surface area (Å²) in [6.07, 6.45) is 0.640. The van der Waals surface area contributed by atoms with E-state index in [1.807, 2.05) is 20.8 Å². The zero-order valence-electron chi connectivity index (χ0n) is 11.1. The van der Waals surface area contributed by atoms with Gasteiger partial charge in [-0.25, -0.2) is 0 Å². The van der Waals surface area contributed by atoms with E-state index in [0.29, 0.717) is 13.0 Å². The minimum absolute atomic E-state index is 0.0438. The monoisotopic (exact) mass is 243 g/mol. The summed E-state index contributed by atoms with van der Waals surface area (Å²) in [5.74, 6) is 0.115. The van der Waals surface area contributed by atoms with Gasteiger partial charge >= 0.3 is 0 Å². The summed E-state index contributed by atoms with van der Waals surface area (Å²) in [5.41, 5.74) is 5.82. The molecule has 17 heavy (non-hydrogen) atoms. The number of ether oxygens (including phenoxy) is 1. The van der Waals surface area contributed by atoms with Gasteiger partial charge in [-0.3, -0.25) is 9.69 Å². The molecule has 0 radical (unpaired) electrons. The van der Waals surface area contributed by atoms with E-state index in [1.165, 1.54) is 0 Å². The lowest BCUT2D eigenvalue weighted by Crippen LogP contribution is -2.50. The van der Waals surface area contributed by atoms with Crippen LogP contribution in [0.3, 0.4) is 0 Å². The van der Waals surface area contributed by atoms with Gasteiger partial charge in [0, 0.05) is 38.1 Å². The van der Waals surface area contributed by atoms with E-state index in [0.717, 1.165) is 19.6 Å². The summed E-state index contributed by atoms with van der Waals surface area (Å²) < 4.78 is 5.57. The van der Waals surface area contributed by atoms with Crippen LogP contribution in [0, 0.1) is 0 Å². The number of nitrogens with two attached hydrogens (primary N) is 1. The molecule has 3 N–H and O–H groups in total. The van der Waals surface area contributed by atoms with Crippen LogP contribution in [0.5, 0.6) is 0 Å². The summed E-state index contributed by atoms with van der Waals surface area (Å²) >= 11 is 0.